The number of benzene rings is 2. The van der Waals surface area contributed by atoms with Crippen LogP contribution in [0.2, 0.25) is 0 Å². The van der Waals surface area contributed by atoms with Gasteiger partial charge in [-0.25, -0.2) is 13.6 Å². The molecule has 1 aliphatic rings. The van der Waals surface area contributed by atoms with Crippen molar-refractivity contribution in [3.8, 4) is 17.6 Å². The van der Waals surface area contributed by atoms with Gasteiger partial charge in [0, 0.05) is 36.7 Å². The maximum atomic E-state index is 14.0. The Morgan fingerprint density at radius 1 is 1.27 bits per heavy atom. The Kier molecular flexibility index (Phi) is 7.27. The zero-order valence-corrected chi connectivity index (χ0v) is 20.6. The molecule has 0 fully saturated rings. The van der Waals surface area contributed by atoms with Crippen molar-refractivity contribution in [2.45, 2.75) is 26.3 Å². The molecule has 0 radical (unpaired) electrons. The van der Waals surface area contributed by atoms with Crippen LogP contribution in [0, 0.1) is 28.9 Å². The van der Waals surface area contributed by atoms with Crippen LogP contribution >= 0.6 is 0 Å². The molecular formula is C27H26F2N4O4. The van der Waals surface area contributed by atoms with Crippen LogP contribution in [0.3, 0.4) is 0 Å². The highest BCUT2D eigenvalue weighted by Crippen LogP contribution is 2.31. The van der Waals surface area contributed by atoms with E-state index in [0.29, 0.717) is 22.6 Å². The lowest BCUT2D eigenvalue weighted by Crippen LogP contribution is -2.50. The second kappa shape index (κ2) is 10.4. The van der Waals surface area contributed by atoms with Gasteiger partial charge in [0.1, 0.15) is 30.0 Å². The maximum Gasteiger partial charge on any atom is 0.342 e. The predicted molar refractivity (Wildman–Crippen MR) is 132 cm³/mol. The van der Waals surface area contributed by atoms with Crippen LogP contribution in [-0.4, -0.2) is 53.1 Å². The summed E-state index contributed by atoms with van der Waals surface area (Å²) in [6, 6.07) is 6.81. The van der Waals surface area contributed by atoms with Crippen molar-refractivity contribution < 1.29 is 28.2 Å². The number of aliphatic hydroxyl groups excluding tert-OH is 1. The summed E-state index contributed by atoms with van der Waals surface area (Å²) >= 11 is 0. The van der Waals surface area contributed by atoms with Gasteiger partial charge in [0.15, 0.2) is 0 Å². The molecule has 1 atom stereocenters. The minimum Gasteiger partial charge on any atom is -0.489 e. The summed E-state index contributed by atoms with van der Waals surface area (Å²) < 4.78 is 33.9. The number of nitrogens with one attached hydrogen (secondary N) is 1. The molecular weight excluding hydrogens is 482 g/mol. The Morgan fingerprint density at radius 2 is 2.05 bits per heavy atom. The molecule has 0 saturated carbocycles. The van der Waals surface area contributed by atoms with Gasteiger partial charge in [0.25, 0.3) is 5.91 Å². The van der Waals surface area contributed by atoms with Gasteiger partial charge in [-0.2, -0.15) is 9.78 Å². The third-order valence-corrected chi connectivity index (χ3v) is 5.85. The van der Waals surface area contributed by atoms with Crippen molar-refractivity contribution in [3.63, 3.8) is 0 Å². The first-order valence-corrected chi connectivity index (χ1v) is 11.5. The van der Waals surface area contributed by atoms with Gasteiger partial charge in [-0.3, -0.25) is 4.79 Å². The van der Waals surface area contributed by atoms with Crippen molar-refractivity contribution in [3.05, 3.63) is 77.1 Å². The zero-order valence-electron chi connectivity index (χ0n) is 20.6. The predicted octanol–water partition coefficient (Wildman–Crippen LogP) is 3.10. The van der Waals surface area contributed by atoms with E-state index in [1.807, 2.05) is 13.8 Å². The number of hydrogen-bond donors (Lipinski definition) is 2. The number of carbonyl (C=O) groups excluding carboxylic acids is 2. The van der Waals surface area contributed by atoms with E-state index >= 15 is 0 Å². The fourth-order valence-electron chi connectivity index (χ4n) is 3.62. The average molecular weight is 509 g/mol. The molecule has 10 heteroatoms. The molecule has 2 heterocycles. The van der Waals surface area contributed by atoms with Gasteiger partial charge in [-0.15, -0.1) is 0 Å². The van der Waals surface area contributed by atoms with Gasteiger partial charge in [0.05, 0.1) is 18.5 Å². The summed E-state index contributed by atoms with van der Waals surface area (Å²) in [6.45, 7) is 3.45. The van der Waals surface area contributed by atoms with Gasteiger partial charge in [0.2, 0.25) is 0 Å². The lowest BCUT2D eigenvalue weighted by Gasteiger charge is -2.20. The average Bonchev–Trinajstić information content (AvgIpc) is 3.31. The quantitative estimate of drug-likeness (QED) is 0.528. The van der Waals surface area contributed by atoms with Gasteiger partial charge >= 0.3 is 6.03 Å². The third-order valence-electron chi connectivity index (χ3n) is 5.85. The molecule has 2 aromatic carbocycles. The second-order valence-electron chi connectivity index (χ2n) is 9.39. The first kappa shape index (κ1) is 25.9. The highest BCUT2D eigenvalue weighted by Gasteiger charge is 2.31. The van der Waals surface area contributed by atoms with E-state index in [4.69, 9.17) is 4.74 Å². The number of amides is 2. The summed E-state index contributed by atoms with van der Waals surface area (Å²) in [4.78, 5) is 27.3. The van der Waals surface area contributed by atoms with Gasteiger partial charge in [-0.05, 0) is 49.2 Å². The maximum absolute atomic E-state index is 14.0. The summed E-state index contributed by atoms with van der Waals surface area (Å²) in [5, 5.41) is 16.0. The number of carbonyl (C=O) groups is 2. The molecule has 2 N–H and O–H groups in total. The third kappa shape index (κ3) is 5.95. The van der Waals surface area contributed by atoms with E-state index in [1.165, 1.54) is 23.4 Å². The summed E-state index contributed by atoms with van der Waals surface area (Å²) in [7, 11) is 1.58. The van der Waals surface area contributed by atoms with E-state index in [9.17, 15) is 23.5 Å². The first-order valence-electron chi connectivity index (χ1n) is 11.5. The number of rotatable bonds is 4. The minimum atomic E-state index is -0.991. The highest BCUT2D eigenvalue weighted by atomic mass is 19.1. The number of nitrogens with zero attached hydrogens (tertiary/aromatic N) is 3. The van der Waals surface area contributed by atoms with E-state index in [2.05, 4.69) is 22.3 Å². The van der Waals surface area contributed by atoms with Gasteiger partial charge < -0.3 is 20.1 Å². The molecule has 1 aliphatic heterocycles. The number of fused-ring (bicyclic) bond motifs is 1. The fraction of sp³-hybridized carbons (Fsp3) is 0.296. The Bertz CT molecular complexity index is 1410. The van der Waals surface area contributed by atoms with Crippen molar-refractivity contribution in [2.24, 2.45) is 5.41 Å². The normalized spacial score (nSPS) is 15.2. The second-order valence-corrected chi connectivity index (χ2v) is 9.39. The van der Waals surface area contributed by atoms with Crippen molar-refractivity contribution in [1.29, 1.82) is 0 Å². The lowest BCUT2D eigenvalue weighted by molar-refractivity contribution is -0.120. The first-order chi connectivity index (χ1) is 17.6. The number of likely N-dealkylation sites (N-methyl/N-ethyl adjacent to an activating group) is 1. The summed E-state index contributed by atoms with van der Waals surface area (Å²) in [5.41, 5.74) is 1.37. The van der Waals surface area contributed by atoms with E-state index < -0.39 is 35.0 Å². The summed E-state index contributed by atoms with van der Waals surface area (Å²) in [6.07, 6.45) is 2.93. The topological polar surface area (TPSA) is 96.7 Å². The SMILES string of the molecule is CN1C(=O)C(NC(=O)n2cc(Cc3ccc(F)cc3F)cn2)COc2ccc(C#CC(C)(C)CO)cc21. The molecule has 1 unspecified atom stereocenters. The van der Waals surface area contributed by atoms with Gasteiger partial charge in [-0.1, -0.05) is 17.9 Å². The Morgan fingerprint density at radius 3 is 2.78 bits per heavy atom. The Hall–Kier alpha value is -4.23. The fourth-order valence-corrected chi connectivity index (χ4v) is 3.62. The number of hydrogen-bond acceptors (Lipinski definition) is 5. The van der Waals surface area contributed by atoms with Crippen molar-refractivity contribution >= 4 is 17.6 Å². The molecule has 4 rings (SSSR count). The molecule has 0 aliphatic carbocycles. The molecule has 192 valence electrons. The minimum absolute atomic E-state index is 0.0886. The van der Waals surface area contributed by atoms with E-state index in [1.54, 1.807) is 25.2 Å². The van der Waals surface area contributed by atoms with Crippen LogP contribution in [0.25, 0.3) is 0 Å². The number of aliphatic hydroxyl groups is 1. The van der Waals surface area contributed by atoms with Crippen LogP contribution < -0.4 is 15.0 Å². The van der Waals surface area contributed by atoms with Crippen LogP contribution in [0.5, 0.6) is 5.75 Å². The highest BCUT2D eigenvalue weighted by molar-refractivity contribution is 6.00. The summed E-state index contributed by atoms with van der Waals surface area (Å²) in [5.74, 6) is 4.71. The van der Waals surface area contributed by atoms with Crippen LogP contribution in [0.15, 0.2) is 48.8 Å². The smallest absolute Gasteiger partial charge is 0.342 e. The number of ether oxygens (including phenoxy) is 1. The Labute approximate surface area is 212 Å². The largest absolute Gasteiger partial charge is 0.489 e. The Balaban J connectivity index is 1.45. The molecule has 37 heavy (non-hydrogen) atoms. The molecule has 1 aromatic heterocycles. The van der Waals surface area contributed by atoms with Crippen molar-refractivity contribution in [1.82, 2.24) is 15.1 Å². The molecule has 0 saturated heterocycles. The van der Waals surface area contributed by atoms with Crippen LogP contribution in [-0.2, 0) is 11.2 Å². The van der Waals surface area contributed by atoms with Crippen LogP contribution in [0.4, 0.5) is 19.3 Å². The molecule has 0 spiro atoms. The number of aromatic nitrogens is 2. The number of anilines is 1. The monoisotopic (exact) mass is 508 g/mol. The van der Waals surface area contributed by atoms with E-state index in [-0.39, 0.29) is 25.2 Å². The molecule has 2 amide bonds. The standard InChI is InChI=1S/C27H26F2N4O4/c1-27(2,16-34)9-8-17-4-7-24-23(11-17)32(3)25(35)22(15-37-24)31-26(36)33-14-18(13-30-33)10-19-5-6-20(28)12-21(19)29/h4-7,11-14,22,34H,10,15-16H2,1-3H3,(H,31,36). The zero-order chi connectivity index (χ0) is 26.7. The van der Waals surface area contributed by atoms with Crippen LogP contribution in [0.1, 0.15) is 30.5 Å². The molecule has 0 bridgehead atoms. The van der Waals surface area contributed by atoms with E-state index in [0.717, 1.165) is 16.8 Å². The number of halogens is 2. The molecule has 8 nitrogen and oxygen atoms in total. The molecule has 3 aromatic rings. The van der Waals surface area contributed by atoms with Crippen molar-refractivity contribution in [2.75, 3.05) is 25.2 Å². The lowest BCUT2D eigenvalue weighted by atomic mass is 9.95.